The van der Waals surface area contributed by atoms with Crippen LogP contribution in [0.5, 0.6) is 0 Å². The SMILES string of the molecule is Cc1ccoc1C(=O)NCC1(CCCl)CC1. The van der Waals surface area contributed by atoms with Gasteiger partial charge in [0.15, 0.2) is 5.76 Å². The molecule has 3 nitrogen and oxygen atoms in total. The Morgan fingerprint density at radius 3 is 2.88 bits per heavy atom. The summed E-state index contributed by atoms with van der Waals surface area (Å²) in [5.74, 6) is 0.959. The van der Waals surface area contributed by atoms with Crippen LogP contribution >= 0.6 is 11.6 Å². The van der Waals surface area contributed by atoms with Crippen LogP contribution in [0.1, 0.15) is 35.4 Å². The molecule has 1 aromatic heterocycles. The molecule has 0 saturated heterocycles. The van der Waals surface area contributed by atoms with Gasteiger partial charge in [0.2, 0.25) is 0 Å². The minimum Gasteiger partial charge on any atom is -0.459 e. The zero-order valence-corrected chi connectivity index (χ0v) is 10.1. The molecule has 0 atom stereocenters. The number of hydrogen-bond donors (Lipinski definition) is 1. The monoisotopic (exact) mass is 241 g/mol. The Hall–Kier alpha value is -0.960. The number of halogens is 1. The van der Waals surface area contributed by atoms with E-state index in [9.17, 15) is 4.79 Å². The van der Waals surface area contributed by atoms with E-state index in [1.807, 2.05) is 6.92 Å². The van der Waals surface area contributed by atoms with Crippen molar-refractivity contribution in [2.45, 2.75) is 26.2 Å². The maximum absolute atomic E-state index is 11.8. The Morgan fingerprint density at radius 1 is 1.62 bits per heavy atom. The lowest BCUT2D eigenvalue weighted by Gasteiger charge is -2.13. The highest BCUT2D eigenvalue weighted by atomic mass is 35.5. The molecule has 4 heteroatoms. The van der Waals surface area contributed by atoms with Crippen LogP contribution in [0, 0.1) is 12.3 Å². The fourth-order valence-corrected chi connectivity index (χ4v) is 2.25. The molecular weight excluding hydrogens is 226 g/mol. The first-order valence-electron chi connectivity index (χ1n) is 5.55. The van der Waals surface area contributed by atoms with Gasteiger partial charge in [0.1, 0.15) is 0 Å². The molecule has 1 amide bonds. The highest BCUT2D eigenvalue weighted by Crippen LogP contribution is 2.48. The van der Waals surface area contributed by atoms with Gasteiger partial charge in [0.05, 0.1) is 6.26 Å². The molecule has 1 aromatic rings. The van der Waals surface area contributed by atoms with E-state index in [2.05, 4.69) is 5.32 Å². The lowest BCUT2D eigenvalue weighted by atomic mass is 10.0. The summed E-state index contributed by atoms with van der Waals surface area (Å²) >= 11 is 5.73. The molecule has 1 heterocycles. The molecular formula is C12H16ClNO2. The molecule has 0 spiro atoms. The Balaban J connectivity index is 1.87. The number of alkyl halides is 1. The first-order chi connectivity index (χ1) is 7.67. The molecule has 0 aliphatic heterocycles. The number of carbonyl (C=O) groups excluding carboxylic acids is 1. The molecule has 16 heavy (non-hydrogen) atoms. The summed E-state index contributed by atoms with van der Waals surface area (Å²) in [5.41, 5.74) is 1.14. The molecule has 2 rings (SSSR count). The third kappa shape index (κ3) is 2.40. The number of nitrogens with one attached hydrogen (secondary N) is 1. The van der Waals surface area contributed by atoms with Gasteiger partial charge in [0.25, 0.3) is 5.91 Å². The summed E-state index contributed by atoms with van der Waals surface area (Å²) in [6.07, 6.45) is 4.84. The van der Waals surface area contributed by atoms with E-state index in [0.29, 0.717) is 18.2 Å². The zero-order valence-electron chi connectivity index (χ0n) is 9.38. The van der Waals surface area contributed by atoms with E-state index in [0.717, 1.165) is 24.8 Å². The number of amides is 1. The second kappa shape index (κ2) is 4.50. The first kappa shape index (κ1) is 11.5. The molecule has 1 saturated carbocycles. The van der Waals surface area contributed by atoms with Crippen molar-refractivity contribution in [3.8, 4) is 0 Å². The largest absolute Gasteiger partial charge is 0.459 e. The van der Waals surface area contributed by atoms with Crippen molar-refractivity contribution in [2.75, 3.05) is 12.4 Å². The number of carbonyl (C=O) groups is 1. The number of aryl methyl sites for hydroxylation is 1. The van der Waals surface area contributed by atoms with Crippen molar-refractivity contribution in [3.05, 3.63) is 23.7 Å². The van der Waals surface area contributed by atoms with Gasteiger partial charge >= 0.3 is 0 Å². The molecule has 88 valence electrons. The van der Waals surface area contributed by atoms with Crippen LogP contribution in [0.15, 0.2) is 16.7 Å². The highest BCUT2D eigenvalue weighted by molar-refractivity contribution is 6.17. The zero-order chi connectivity index (χ0) is 11.6. The van der Waals surface area contributed by atoms with Crippen molar-refractivity contribution in [1.29, 1.82) is 0 Å². The van der Waals surface area contributed by atoms with E-state index in [1.54, 1.807) is 6.07 Å². The van der Waals surface area contributed by atoms with E-state index >= 15 is 0 Å². The smallest absolute Gasteiger partial charge is 0.287 e. The third-order valence-electron chi connectivity index (χ3n) is 3.27. The lowest BCUT2D eigenvalue weighted by Crippen LogP contribution is -2.30. The summed E-state index contributed by atoms with van der Waals surface area (Å²) in [7, 11) is 0. The molecule has 0 aromatic carbocycles. The van der Waals surface area contributed by atoms with Crippen LogP contribution in [0.4, 0.5) is 0 Å². The fourth-order valence-electron chi connectivity index (χ4n) is 1.85. The quantitative estimate of drug-likeness (QED) is 0.806. The van der Waals surface area contributed by atoms with Crippen LogP contribution in [0.25, 0.3) is 0 Å². The van der Waals surface area contributed by atoms with E-state index < -0.39 is 0 Å². The van der Waals surface area contributed by atoms with Gasteiger partial charge in [-0.25, -0.2) is 0 Å². The number of rotatable bonds is 5. The van der Waals surface area contributed by atoms with Crippen molar-refractivity contribution in [3.63, 3.8) is 0 Å². The predicted molar refractivity (Wildman–Crippen MR) is 62.8 cm³/mol. The number of furan rings is 1. The van der Waals surface area contributed by atoms with Gasteiger partial charge in [-0.2, -0.15) is 0 Å². The van der Waals surface area contributed by atoms with Gasteiger partial charge in [-0.05, 0) is 37.7 Å². The minimum absolute atomic E-state index is 0.122. The van der Waals surface area contributed by atoms with Gasteiger partial charge < -0.3 is 9.73 Å². The lowest BCUT2D eigenvalue weighted by molar-refractivity contribution is 0.0915. The molecule has 0 bridgehead atoms. The van der Waals surface area contributed by atoms with Gasteiger partial charge in [-0.15, -0.1) is 11.6 Å². The van der Waals surface area contributed by atoms with Gasteiger partial charge in [0, 0.05) is 18.0 Å². The topological polar surface area (TPSA) is 42.2 Å². The van der Waals surface area contributed by atoms with Gasteiger partial charge in [-0.1, -0.05) is 0 Å². The second-order valence-corrected chi connectivity index (χ2v) is 4.93. The molecule has 0 unspecified atom stereocenters. The maximum atomic E-state index is 11.8. The van der Waals surface area contributed by atoms with Crippen LogP contribution in [-0.4, -0.2) is 18.3 Å². The Bertz CT molecular complexity index is 382. The van der Waals surface area contributed by atoms with Crippen LogP contribution in [0.3, 0.4) is 0 Å². The van der Waals surface area contributed by atoms with Crippen LogP contribution in [0.2, 0.25) is 0 Å². The standard InChI is InChI=1S/C12H16ClNO2/c1-9-2-7-16-10(9)11(15)14-8-12(3-4-12)5-6-13/h2,7H,3-6,8H2,1H3,(H,14,15). The van der Waals surface area contributed by atoms with E-state index in [4.69, 9.17) is 16.0 Å². The Kier molecular flexibility index (Phi) is 3.24. The average molecular weight is 242 g/mol. The summed E-state index contributed by atoms with van der Waals surface area (Å²) in [4.78, 5) is 11.8. The Labute approximate surface area is 100 Å². The molecule has 1 aliphatic rings. The highest BCUT2D eigenvalue weighted by Gasteiger charge is 2.41. The third-order valence-corrected chi connectivity index (χ3v) is 3.46. The second-order valence-electron chi connectivity index (χ2n) is 4.55. The summed E-state index contributed by atoms with van der Waals surface area (Å²) in [6.45, 7) is 2.57. The van der Waals surface area contributed by atoms with Crippen LogP contribution in [-0.2, 0) is 0 Å². The molecule has 0 radical (unpaired) electrons. The molecule has 1 aliphatic carbocycles. The summed E-state index contributed by atoms with van der Waals surface area (Å²) in [5, 5.41) is 2.92. The fraction of sp³-hybridized carbons (Fsp3) is 0.583. The average Bonchev–Trinajstić information content (AvgIpc) is 2.89. The first-order valence-corrected chi connectivity index (χ1v) is 6.09. The van der Waals surface area contributed by atoms with Crippen molar-refractivity contribution in [1.82, 2.24) is 5.32 Å². The minimum atomic E-state index is -0.122. The van der Waals surface area contributed by atoms with Crippen molar-refractivity contribution >= 4 is 17.5 Å². The summed E-state index contributed by atoms with van der Waals surface area (Å²) in [6, 6.07) is 1.79. The Morgan fingerprint density at radius 2 is 2.38 bits per heavy atom. The van der Waals surface area contributed by atoms with Crippen LogP contribution < -0.4 is 5.32 Å². The normalized spacial score (nSPS) is 17.1. The predicted octanol–water partition coefficient (Wildman–Crippen LogP) is 2.73. The van der Waals surface area contributed by atoms with Crippen molar-refractivity contribution < 1.29 is 9.21 Å². The maximum Gasteiger partial charge on any atom is 0.287 e. The van der Waals surface area contributed by atoms with E-state index in [1.165, 1.54) is 6.26 Å². The van der Waals surface area contributed by atoms with E-state index in [-0.39, 0.29) is 11.3 Å². The number of hydrogen-bond acceptors (Lipinski definition) is 2. The van der Waals surface area contributed by atoms with Crippen molar-refractivity contribution in [2.24, 2.45) is 5.41 Å². The molecule has 1 N–H and O–H groups in total. The summed E-state index contributed by atoms with van der Waals surface area (Å²) < 4.78 is 5.13. The van der Waals surface area contributed by atoms with Gasteiger partial charge in [-0.3, -0.25) is 4.79 Å². The molecule has 1 fully saturated rings.